The van der Waals surface area contributed by atoms with E-state index in [0.717, 1.165) is 29.6 Å². The molecule has 2 unspecified atom stereocenters. The summed E-state index contributed by atoms with van der Waals surface area (Å²) in [6.07, 6.45) is 18.4. The molecule has 0 aromatic carbocycles. The van der Waals surface area contributed by atoms with Crippen molar-refractivity contribution in [1.82, 2.24) is 0 Å². The lowest BCUT2D eigenvalue weighted by atomic mass is 9.51. The molecule has 4 aliphatic carbocycles. The van der Waals surface area contributed by atoms with Crippen LogP contribution in [0.5, 0.6) is 0 Å². The molecule has 0 N–H and O–H groups in total. The Morgan fingerprint density at radius 1 is 1.00 bits per heavy atom. The van der Waals surface area contributed by atoms with E-state index in [1.54, 1.807) is 0 Å². The van der Waals surface area contributed by atoms with E-state index in [1.807, 2.05) is 16.7 Å². The van der Waals surface area contributed by atoms with E-state index in [-0.39, 0.29) is 0 Å². The summed E-state index contributed by atoms with van der Waals surface area (Å²) in [4.78, 5) is 0. The number of hydrogen-bond acceptors (Lipinski definition) is 0. The largest absolute Gasteiger partial charge is 0.0802 e. The van der Waals surface area contributed by atoms with Crippen molar-refractivity contribution in [2.45, 2.75) is 112 Å². The first-order valence-electron chi connectivity index (χ1n) is 12.7. The molecule has 0 bridgehead atoms. The Morgan fingerprint density at radius 2 is 1.79 bits per heavy atom. The molecule has 0 spiro atoms. The highest BCUT2D eigenvalue weighted by molar-refractivity contribution is 5.49. The molecule has 158 valence electrons. The predicted octanol–water partition coefficient (Wildman–Crippen LogP) is 8.73. The van der Waals surface area contributed by atoms with Crippen molar-refractivity contribution < 1.29 is 0 Å². The molecule has 0 nitrogen and oxygen atoms in total. The fourth-order valence-corrected chi connectivity index (χ4v) is 8.02. The Balaban J connectivity index is 1.54. The maximum absolute atomic E-state index is 2.72. The minimum atomic E-state index is 0.473. The van der Waals surface area contributed by atoms with Gasteiger partial charge in [0.15, 0.2) is 0 Å². The average molecular weight is 383 g/mol. The van der Waals surface area contributed by atoms with Crippen LogP contribution in [0.4, 0.5) is 0 Å². The van der Waals surface area contributed by atoms with E-state index in [4.69, 9.17) is 0 Å². The maximum Gasteiger partial charge on any atom is -0.00389 e. The lowest BCUT2D eigenvalue weighted by Gasteiger charge is -2.54. The third kappa shape index (κ3) is 3.35. The van der Waals surface area contributed by atoms with Gasteiger partial charge in [-0.1, -0.05) is 72.5 Å². The minimum absolute atomic E-state index is 0.473. The van der Waals surface area contributed by atoms with Gasteiger partial charge in [0.1, 0.15) is 0 Å². The van der Waals surface area contributed by atoms with Crippen LogP contribution in [0.15, 0.2) is 22.8 Å². The molecule has 0 heteroatoms. The van der Waals surface area contributed by atoms with Crippen LogP contribution in [-0.4, -0.2) is 0 Å². The Labute approximate surface area is 175 Å². The SMILES string of the molecule is CC(C)CCC[C@@H](C)[C@H]1CC=C2C3=C(CC[C@@]21C)[C@@]1(C)CCC(C)CC1CC3. The van der Waals surface area contributed by atoms with E-state index in [1.165, 1.54) is 70.6 Å². The molecule has 0 aromatic heterocycles. The first-order chi connectivity index (χ1) is 13.3. The predicted molar refractivity (Wildman–Crippen MR) is 122 cm³/mol. The van der Waals surface area contributed by atoms with E-state index in [9.17, 15) is 0 Å². The lowest BCUT2D eigenvalue weighted by molar-refractivity contribution is 0.0847. The standard InChI is InChI=1S/C28H46/c1-19(2)8-7-9-21(4)24-12-13-25-23-11-10-22-18-20(3)14-16-27(22,5)26(23)15-17-28(24,25)6/h13,19-22,24H,7-12,14-18H2,1-6H3/t20?,21-,22?,24-,27+,28-/m1/s1. The summed E-state index contributed by atoms with van der Waals surface area (Å²) >= 11 is 0. The molecule has 6 atom stereocenters. The molecule has 0 saturated heterocycles. The van der Waals surface area contributed by atoms with Crippen LogP contribution >= 0.6 is 0 Å². The van der Waals surface area contributed by atoms with Gasteiger partial charge in [-0.15, -0.1) is 0 Å². The minimum Gasteiger partial charge on any atom is -0.0802 e. The number of rotatable bonds is 5. The number of fused-ring (bicyclic) bond motifs is 4. The van der Waals surface area contributed by atoms with Gasteiger partial charge in [0.25, 0.3) is 0 Å². The van der Waals surface area contributed by atoms with E-state index in [0.29, 0.717) is 10.8 Å². The molecule has 0 aliphatic heterocycles. The second-order valence-electron chi connectivity index (χ2n) is 12.2. The summed E-state index contributed by atoms with van der Waals surface area (Å²) in [5, 5.41) is 0. The molecule has 4 aliphatic rings. The summed E-state index contributed by atoms with van der Waals surface area (Å²) in [6, 6.07) is 0. The van der Waals surface area contributed by atoms with Crippen molar-refractivity contribution in [3.63, 3.8) is 0 Å². The van der Waals surface area contributed by atoms with Crippen molar-refractivity contribution >= 4 is 0 Å². The van der Waals surface area contributed by atoms with Crippen LogP contribution in [0.2, 0.25) is 0 Å². The van der Waals surface area contributed by atoms with Gasteiger partial charge in [-0.2, -0.15) is 0 Å². The summed E-state index contributed by atoms with van der Waals surface area (Å²) in [5.74, 6) is 4.54. The molecular weight excluding hydrogens is 336 g/mol. The summed E-state index contributed by atoms with van der Waals surface area (Å²) < 4.78 is 0. The fraction of sp³-hybridized carbons (Fsp3) is 0.857. The van der Waals surface area contributed by atoms with E-state index >= 15 is 0 Å². The molecule has 0 amide bonds. The van der Waals surface area contributed by atoms with Crippen LogP contribution < -0.4 is 0 Å². The van der Waals surface area contributed by atoms with E-state index < -0.39 is 0 Å². The second-order valence-corrected chi connectivity index (χ2v) is 12.2. The highest BCUT2D eigenvalue weighted by atomic mass is 14.6. The molecule has 0 heterocycles. The number of allylic oxidation sites excluding steroid dienone is 4. The third-order valence-corrected chi connectivity index (χ3v) is 9.90. The average Bonchev–Trinajstić information content (AvgIpc) is 2.99. The topological polar surface area (TPSA) is 0 Å². The summed E-state index contributed by atoms with van der Waals surface area (Å²) in [7, 11) is 0. The van der Waals surface area contributed by atoms with Gasteiger partial charge < -0.3 is 0 Å². The quantitative estimate of drug-likeness (QED) is 0.446. The Morgan fingerprint density at radius 3 is 2.54 bits per heavy atom. The molecule has 1 saturated carbocycles. The van der Waals surface area contributed by atoms with Crippen LogP contribution in [0.1, 0.15) is 112 Å². The van der Waals surface area contributed by atoms with Gasteiger partial charge in [-0.3, -0.25) is 0 Å². The van der Waals surface area contributed by atoms with E-state index in [2.05, 4.69) is 47.6 Å². The second kappa shape index (κ2) is 7.63. The van der Waals surface area contributed by atoms with Crippen LogP contribution in [-0.2, 0) is 0 Å². The molecule has 28 heavy (non-hydrogen) atoms. The third-order valence-electron chi connectivity index (χ3n) is 9.90. The number of hydrogen-bond donors (Lipinski definition) is 0. The highest BCUT2D eigenvalue weighted by Crippen LogP contribution is 2.64. The smallest absolute Gasteiger partial charge is 0.00389 e. The van der Waals surface area contributed by atoms with Gasteiger partial charge in [-0.25, -0.2) is 0 Å². The summed E-state index contributed by atoms with van der Waals surface area (Å²) in [6.45, 7) is 15.1. The first kappa shape index (κ1) is 20.7. The Kier molecular flexibility index (Phi) is 5.65. The van der Waals surface area contributed by atoms with Gasteiger partial charge in [-0.05, 0) is 103 Å². The fourth-order valence-electron chi connectivity index (χ4n) is 8.02. The zero-order valence-electron chi connectivity index (χ0n) is 19.7. The van der Waals surface area contributed by atoms with Crippen molar-refractivity contribution in [3.8, 4) is 0 Å². The molecule has 4 rings (SSSR count). The first-order valence-corrected chi connectivity index (χ1v) is 12.7. The Hall–Kier alpha value is -0.520. The highest BCUT2D eigenvalue weighted by Gasteiger charge is 2.52. The van der Waals surface area contributed by atoms with Crippen molar-refractivity contribution in [1.29, 1.82) is 0 Å². The zero-order chi connectivity index (χ0) is 20.1. The summed E-state index contributed by atoms with van der Waals surface area (Å²) in [5.41, 5.74) is 6.61. The van der Waals surface area contributed by atoms with Crippen LogP contribution in [0, 0.1) is 40.4 Å². The van der Waals surface area contributed by atoms with Crippen LogP contribution in [0.25, 0.3) is 0 Å². The van der Waals surface area contributed by atoms with Gasteiger partial charge in [0.2, 0.25) is 0 Å². The maximum atomic E-state index is 2.72. The lowest BCUT2D eigenvalue weighted by Crippen LogP contribution is -2.42. The zero-order valence-corrected chi connectivity index (χ0v) is 19.7. The Bertz CT molecular complexity index is 649. The van der Waals surface area contributed by atoms with Gasteiger partial charge >= 0.3 is 0 Å². The van der Waals surface area contributed by atoms with Crippen molar-refractivity contribution in [2.75, 3.05) is 0 Å². The monoisotopic (exact) mass is 382 g/mol. The van der Waals surface area contributed by atoms with Crippen LogP contribution in [0.3, 0.4) is 0 Å². The van der Waals surface area contributed by atoms with Gasteiger partial charge in [0, 0.05) is 0 Å². The van der Waals surface area contributed by atoms with Gasteiger partial charge in [0.05, 0.1) is 0 Å². The molecular formula is C28H46. The normalized spacial score (nSPS) is 41.4. The molecule has 0 aromatic rings. The van der Waals surface area contributed by atoms with Crippen molar-refractivity contribution in [2.24, 2.45) is 40.4 Å². The molecule has 1 fully saturated rings. The molecule has 0 radical (unpaired) electrons. The van der Waals surface area contributed by atoms with Crippen molar-refractivity contribution in [3.05, 3.63) is 22.8 Å².